The van der Waals surface area contributed by atoms with E-state index in [2.05, 4.69) is 20.5 Å². The summed E-state index contributed by atoms with van der Waals surface area (Å²) in [6, 6.07) is 27.0. The van der Waals surface area contributed by atoms with Crippen molar-refractivity contribution in [3.8, 4) is 23.0 Å². The van der Waals surface area contributed by atoms with E-state index in [9.17, 15) is 52.7 Å². The largest absolute Gasteiger partial charge is 0.490 e. The quantitative estimate of drug-likeness (QED) is 0.0550. The van der Waals surface area contributed by atoms with Gasteiger partial charge in [0.15, 0.2) is 0 Å². The summed E-state index contributed by atoms with van der Waals surface area (Å²) in [4.78, 5) is 0. The Kier molecular flexibility index (Phi) is 14.4. The molecule has 0 saturated carbocycles. The minimum Gasteiger partial charge on any atom is -0.490 e. The van der Waals surface area contributed by atoms with Gasteiger partial charge in [-0.3, -0.25) is 0 Å². The van der Waals surface area contributed by atoms with Gasteiger partial charge in [-0.1, -0.05) is 24.3 Å². The Morgan fingerprint density at radius 2 is 0.477 bits per heavy atom. The molecule has 0 amide bonds. The van der Waals surface area contributed by atoms with Gasteiger partial charge >= 0.3 is 24.7 Å². The number of rotatable bonds is 16. The van der Waals surface area contributed by atoms with Crippen LogP contribution in [0.4, 0.5) is 75.4 Å². The maximum Gasteiger partial charge on any atom is 0.416 e. The van der Waals surface area contributed by atoms with Gasteiger partial charge in [0.1, 0.15) is 49.4 Å². The lowest BCUT2D eigenvalue weighted by atomic mass is 9.73. The van der Waals surface area contributed by atoms with Crippen molar-refractivity contribution in [1.29, 1.82) is 0 Å². The molecule has 6 aromatic carbocycles. The summed E-state index contributed by atoms with van der Waals surface area (Å²) < 4.78 is 187. The highest BCUT2D eigenvalue weighted by atomic mass is 19.4. The van der Waals surface area contributed by atoms with E-state index in [-0.39, 0.29) is 49.3 Å². The number of benzene rings is 6. The predicted octanol–water partition coefficient (Wildman–Crippen LogP) is 14.9. The van der Waals surface area contributed by atoms with Gasteiger partial charge in [-0.25, -0.2) is 0 Å². The minimum atomic E-state index is -5.84. The van der Waals surface area contributed by atoms with E-state index in [1.165, 1.54) is 72.8 Å². The van der Waals surface area contributed by atoms with Crippen LogP contribution in [-0.2, 0) is 17.8 Å². The fraction of sp³-hybridized carbons (Fsp3) is 0.200. The van der Waals surface area contributed by atoms with Gasteiger partial charge in [0.05, 0.1) is 33.9 Å². The molecule has 0 aliphatic carbocycles. The van der Waals surface area contributed by atoms with Crippen LogP contribution in [0, 0.1) is 0 Å². The summed E-state index contributed by atoms with van der Waals surface area (Å²) in [6.45, 7) is -0.407. The molecule has 6 rings (SSSR count). The van der Waals surface area contributed by atoms with E-state index in [1.54, 1.807) is 0 Å². The molecule has 0 aromatic heterocycles. The number of nitrogens with zero attached hydrogens (tertiary/aromatic N) is 4. The first-order valence-electron chi connectivity index (χ1n) is 19.0. The summed E-state index contributed by atoms with van der Waals surface area (Å²) in [5, 5.41) is 15.7. The van der Waals surface area contributed by atoms with E-state index in [0.717, 1.165) is 48.5 Å². The Hall–Kier alpha value is -7.12. The normalized spacial score (nSPS) is 12.7. The van der Waals surface area contributed by atoms with Gasteiger partial charge in [-0.2, -0.15) is 73.1 Å². The van der Waals surface area contributed by atoms with Gasteiger partial charge in [0.2, 0.25) is 5.41 Å². The molecule has 0 bridgehead atoms. The average Bonchev–Trinajstić information content (AvgIpc) is 3.26. The van der Waals surface area contributed by atoms with Crippen molar-refractivity contribution in [2.24, 2.45) is 20.5 Å². The summed E-state index contributed by atoms with van der Waals surface area (Å²) in [7, 11) is 0. The van der Waals surface area contributed by atoms with Crippen molar-refractivity contribution in [3.05, 3.63) is 168 Å². The maximum absolute atomic E-state index is 14.7. The van der Waals surface area contributed by atoms with Crippen molar-refractivity contribution in [1.82, 2.24) is 0 Å². The summed E-state index contributed by atoms with van der Waals surface area (Å²) >= 11 is 0. The van der Waals surface area contributed by atoms with Gasteiger partial charge in [0, 0.05) is 0 Å². The second-order valence-electron chi connectivity index (χ2n) is 13.7. The van der Waals surface area contributed by atoms with Crippen LogP contribution in [-0.4, -0.2) is 38.8 Å². The molecule has 6 aromatic rings. The Bertz CT molecular complexity index is 2330. The molecule has 0 heterocycles. The molecule has 0 N–H and O–H groups in total. The first kappa shape index (κ1) is 47.4. The SMILES string of the molecule is FC(F)(F)c1ccc(N=Nc2ccc(OCCOc3ccc(C(c4ccc(OCCOc5ccc(N=Nc6ccc(C(F)(F)F)cc6)cc5)cc4)(C(F)(F)F)C(F)(F)F)cc3)cc2)cc1. The summed E-state index contributed by atoms with van der Waals surface area (Å²) in [5.74, 6) is 0.656. The number of halogens is 12. The Morgan fingerprint density at radius 3 is 0.692 bits per heavy atom. The lowest BCUT2D eigenvalue weighted by Gasteiger charge is -2.38. The second kappa shape index (κ2) is 19.7. The van der Waals surface area contributed by atoms with Crippen molar-refractivity contribution in [3.63, 3.8) is 0 Å². The molecule has 0 radical (unpaired) electrons. The average molecular weight is 921 g/mol. The van der Waals surface area contributed by atoms with Crippen LogP contribution in [0.3, 0.4) is 0 Å². The molecule has 340 valence electrons. The molecule has 20 heteroatoms. The topological polar surface area (TPSA) is 86.4 Å². The third kappa shape index (κ3) is 12.1. The van der Waals surface area contributed by atoms with E-state index >= 15 is 0 Å². The fourth-order valence-corrected chi connectivity index (χ4v) is 6.11. The van der Waals surface area contributed by atoms with Crippen LogP contribution in [0.15, 0.2) is 166 Å². The molecule has 8 nitrogen and oxygen atoms in total. The van der Waals surface area contributed by atoms with Crippen LogP contribution in [0.2, 0.25) is 0 Å². The molecule has 0 atom stereocenters. The predicted molar refractivity (Wildman–Crippen MR) is 212 cm³/mol. The first-order chi connectivity index (χ1) is 30.7. The standard InChI is InChI=1S/C45H32F12N4O4/c46-42(47,48)31-1-9-33(10-2-31)58-60-35-13-21-39(22-14-35)64-27-25-62-37-17-5-29(6-18-37)41(44(52,53)54,45(55,56)57)30-7-19-38(20-8-30)63-26-28-65-40-23-15-36(16-24-40)61-59-34-11-3-32(4-12-34)43(49,50)51/h1-24H,25-28H2. The maximum atomic E-state index is 14.7. The van der Waals surface area contributed by atoms with Crippen LogP contribution in [0.5, 0.6) is 23.0 Å². The molecule has 0 aliphatic heterocycles. The summed E-state index contributed by atoms with van der Waals surface area (Å²) in [5.41, 5.74) is -7.16. The van der Waals surface area contributed by atoms with Crippen molar-refractivity contribution < 1.29 is 71.6 Å². The Morgan fingerprint density at radius 1 is 0.277 bits per heavy atom. The van der Waals surface area contributed by atoms with Crippen LogP contribution < -0.4 is 18.9 Å². The summed E-state index contributed by atoms with van der Waals surface area (Å²) in [6.07, 6.45) is -20.6. The number of hydrogen-bond acceptors (Lipinski definition) is 8. The highest BCUT2D eigenvalue weighted by Crippen LogP contribution is 2.56. The minimum absolute atomic E-state index is 0.0289. The monoisotopic (exact) mass is 920 g/mol. The first-order valence-corrected chi connectivity index (χ1v) is 19.0. The van der Waals surface area contributed by atoms with E-state index < -0.39 is 52.4 Å². The fourth-order valence-electron chi connectivity index (χ4n) is 6.11. The van der Waals surface area contributed by atoms with Crippen LogP contribution in [0.25, 0.3) is 0 Å². The lowest BCUT2D eigenvalue weighted by molar-refractivity contribution is -0.288. The zero-order chi connectivity index (χ0) is 46.9. The number of alkyl halides is 12. The molecule has 0 saturated heterocycles. The molecule has 65 heavy (non-hydrogen) atoms. The molecule has 0 spiro atoms. The van der Waals surface area contributed by atoms with E-state index in [1.807, 2.05) is 0 Å². The Balaban J connectivity index is 0.996. The Labute approximate surface area is 361 Å². The number of ether oxygens (including phenoxy) is 4. The van der Waals surface area contributed by atoms with Gasteiger partial charge in [-0.15, -0.1) is 0 Å². The van der Waals surface area contributed by atoms with Gasteiger partial charge in [0.25, 0.3) is 0 Å². The van der Waals surface area contributed by atoms with E-state index in [4.69, 9.17) is 18.9 Å². The molecule has 0 unspecified atom stereocenters. The van der Waals surface area contributed by atoms with Crippen LogP contribution >= 0.6 is 0 Å². The molecule has 0 fully saturated rings. The highest BCUT2D eigenvalue weighted by molar-refractivity contribution is 5.48. The molecular formula is C45H32F12N4O4. The van der Waals surface area contributed by atoms with Gasteiger partial charge in [-0.05, 0) is 132 Å². The zero-order valence-corrected chi connectivity index (χ0v) is 33.1. The second-order valence-corrected chi connectivity index (χ2v) is 13.7. The van der Waals surface area contributed by atoms with E-state index in [0.29, 0.717) is 47.1 Å². The number of azo groups is 2. The smallest absolute Gasteiger partial charge is 0.416 e. The highest BCUT2D eigenvalue weighted by Gasteiger charge is 2.72. The lowest BCUT2D eigenvalue weighted by Crippen LogP contribution is -2.54. The van der Waals surface area contributed by atoms with Crippen molar-refractivity contribution in [2.45, 2.75) is 30.1 Å². The molecular weight excluding hydrogens is 888 g/mol. The number of hydrogen-bond donors (Lipinski definition) is 0. The molecule has 0 aliphatic rings. The van der Waals surface area contributed by atoms with Crippen molar-refractivity contribution >= 4 is 22.7 Å². The van der Waals surface area contributed by atoms with Gasteiger partial charge < -0.3 is 18.9 Å². The van der Waals surface area contributed by atoms with Crippen molar-refractivity contribution in [2.75, 3.05) is 26.4 Å². The third-order valence-electron chi connectivity index (χ3n) is 9.29. The third-order valence-corrected chi connectivity index (χ3v) is 9.29. The zero-order valence-electron chi connectivity index (χ0n) is 33.1. The van der Waals surface area contributed by atoms with Crippen LogP contribution in [0.1, 0.15) is 22.3 Å².